The van der Waals surface area contributed by atoms with Crippen LogP contribution in [0.1, 0.15) is 17.3 Å². The number of carbonyl (C=O) groups is 1. The van der Waals surface area contributed by atoms with E-state index in [0.29, 0.717) is 34.3 Å². The summed E-state index contributed by atoms with van der Waals surface area (Å²) in [4.78, 5) is 16.9. The molecule has 0 aliphatic heterocycles. The summed E-state index contributed by atoms with van der Waals surface area (Å²) < 4.78 is 5.43. The van der Waals surface area contributed by atoms with E-state index in [1.165, 1.54) is 0 Å². The van der Waals surface area contributed by atoms with Gasteiger partial charge in [0.25, 0.3) is 5.91 Å². The quantitative estimate of drug-likeness (QED) is 0.765. The highest BCUT2D eigenvalue weighted by Gasteiger charge is 2.12. The van der Waals surface area contributed by atoms with Crippen LogP contribution in [0.3, 0.4) is 0 Å². The predicted molar refractivity (Wildman–Crippen MR) is 92.3 cm³/mol. The normalized spacial score (nSPS) is 10.5. The van der Waals surface area contributed by atoms with Crippen LogP contribution in [0, 0.1) is 0 Å². The molecule has 0 radical (unpaired) electrons. The fourth-order valence-corrected chi connectivity index (χ4v) is 2.51. The minimum absolute atomic E-state index is 0.272. The Hall–Kier alpha value is -2.59. The van der Waals surface area contributed by atoms with E-state index >= 15 is 0 Å². The van der Waals surface area contributed by atoms with E-state index in [-0.39, 0.29) is 5.91 Å². The molecular weight excluding hydrogens is 312 g/mol. The molecule has 3 aromatic rings. The van der Waals surface area contributed by atoms with Crippen molar-refractivity contribution >= 4 is 34.1 Å². The first-order valence-corrected chi connectivity index (χ1v) is 7.65. The molecule has 3 rings (SSSR count). The van der Waals surface area contributed by atoms with Gasteiger partial charge < -0.3 is 10.1 Å². The number of fused-ring (bicyclic) bond motifs is 1. The highest BCUT2D eigenvalue weighted by molar-refractivity contribution is 6.34. The van der Waals surface area contributed by atoms with Crippen molar-refractivity contribution in [2.45, 2.75) is 6.92 Å². The number of benzene rings is 2. The maximum absolute atomic E-state index is 12.4. The summed E-state index contributed by atoms with van der Waals surface area (Å²) >= 11 is 6.07. The molecule has 0 spiro atoms. The van der Waals surface area contributed by atoms with Crippen LogP contribution in [0.4, 0.5) is 5.69 Å². The van der Waals surface area contributed by atoms with Crippen molar-refractivity contribution in [1.29, 1.82) is 0 Å². The first kappa shape index (κ1) is 15.3. The van der Waals surface area contributed by atoms with Gasteiger partial charge in [-0.3, -0.25) is 4.79 Å². The molecule has 1 N–H and O–H groups in total. The van der Waals surface area contributed by atoms with Crippen molar-refractivity contribution < 1.29 is 9.53 Å². The Kier molecular flexibility index (Phi) is 4.44. The van der Waals surface area contributed by atoms with Gasteiger partial charge in [0.05, 0.1) is 28.4 Å². The van der Waals surface area contributed by atoms with Crippen LogP contribution in [-0.4, -0.2) is 17.5 Å². The second-order valence-corrected chi connectivity index (χ2v) is 5.30. The third kappa shape index (κ3) is 3.27. The van der Waals surface area contributed by atoms with Gasteiger partial charge >= 0.3 is 0 Å². The zero-order valence-corrected chi connectivity index (χ0v) is 13.3. The number of hydrogen-bond donors (Lipinski definition) is 1. The molecule has 0 saturated heterocycles. The number of amides is 1. The van der Waals surface area contributed by atoms with Crippen LogP contribution < -0.4 is 10.1 Å². The van der Waals surface area contributed by atoms with Crippen molar-refractivity contribution in [3.05, 3.63) is 65.2 Å². The van der Waals surface area contributed by atoms with E-state index in [2.05, 4.69) is 10.3 Å². The Labute approximate surface area is 139 Å². The topological polar surface area (TPSA) is 51.2 Å². The fourth-order valence-electron chi connectivity index (χ4n) is 2.29. The Bertz CT molecular complexity index is 865. The third-order valence-corrected chi connectivity index (χ3v) is 3.68. The van der Waals surface area contributed by atoms with E-state index in [1.54, 1.807) is 30.3 Å². The molecule has 1 amide bonds. The van der Waals surface area contributed by atoms with Crippen LogP contribution in [0.5, 0.6) is 5.88 Å². The lowest BCUT2D eigenvalue weighted by atomic mass is 10.1. The lowest BCUT2D eigenvalue weighted by Crippen LogP contribution is -2.13. The molecular formula is C18H15ClN2O2. The molecule has 2 aromatic carbocycles. The van der Waals surface area contributed by atoms with Crippen LogP contribution in [-0.2, 0) is 0 Å². The van der Waals surface area contributed by atoms with Gasteiger partial charge in [0.15, 0.2) is 0 Å². The fraction of sp³-hybridized carbons (Fsp3) is 0.111. The summed E-state index contributed by atoms with van der Waals surface area (Å²) in [5.74, 6) is 0.256. The number of pyridine rings is 1. The van der Waals surface area contributed by atoms with Gasteiger partial charge in [0.2, 0.25) is 5.88 Å². The summed E-state index contributed by atoms with van der Waals surface area (Å²) in [6, 6.07) is 16.3. The number of rotatable bonds is 4. The molecule has 4 nitrogen and oxygen atoms in total. The predicted octanol–water partition coefficient (Wildman–Crippen LogP) is 4.54. The minimum atomic E-state index is -0.272. The van der Waals surface area contributed by atoms with Gasteiger partial charge in [-0.25, -0.2) is 4.98 Å². The molecule has 1 heterocycles. The van der Waals surface area contributed by atoms with E-state index in [4.69, 9.17) is 16.3 Å². The van der Waals surface area contributed by atoms with Crippen molar-refractivity contribution in [1.82, 2.24) is 4.98 Å². The van der Waals surface area contributed by atoms with Crippen LogP contribution in [0.2, 0.25) is 5.02 Å². The zero-order chi connectivity index (χ0) is 16.2. The second kappa shape index (κ2) is 6.67. The number of carbonyl (C=O) groups excluding carboxylic acids is 1. The SMILES string of the molecule is CCOc1ccc2cccc(NC(=O)c3ccccc3Cl)c2n1. The molecule has 0 aliphatic carbocycles. The number of halogens is 1. The lowest BCUT2D eigenvalue weighted by Gasteiger charge is -2.10. The average molecular weight is 327 g/mol. The van der Waals surface area contributed by atoms with E-state index in [9.17, 15) is 4.79 Å². The van der Waals surface area contributed by atoms with E-state index in [0.717, 1.165) is 5.39 Å². The van der Waals surface area contributed by atoms with Crippen LogP contribution in [0.15, 0.2) is 54.6 Å². The van der Waals surface area contributed by atoms with Crippen LogP contribution in [0.25, 0.3) is 10.9 Å². The molecule has 0 fully saturated rings. The van der Waals surface area contributed by atoms with Crippen molar-refractivity contribution in [2.24, 2.45) is 0 Å². The highest BCUT2D eigenvalue weighted by Crippen LogP contribution is 2.25. The van der Waals surface area contributed by atoms with Crippen molar-refractivity contribution in [2.75, 3.05) is 11.9 Å². The first-order valence-electron chi connectivity index (χ1n) is 7.27. The van der Waals surface area contributed by atoms with Gasteiger partial charge in [-0.05, 0) is 31.2 Å². The number of hydrogen-bond acceptors (Lipinski definition) is 3. The van der Waals surface area contributed by atoms with Gasteiger partial charge in [0, 0.05) is 11.5 Å². The van der Waals surface area contributed by atoms with Crippen molar-refractivity contribution in [3.63, 3.8) is 0 Å². The molecule has 116 valence electrons. The Morgan fingerprint density at radius 2 is 1.96 bits per heavy atom. The molecule has 0 aliphatic rings. The summed E-state index contributed by atoms with van der Waals surface area (Å²) in [6.07, 6.45) is 0. The second-order valence-electron chi connectivity index (χ2n) is 4.89. The molecule has 0 bridgehead atoms. The molecule has 23 heavy (non-hydrogen) atoms. The number of nitrogens with one attached hydrogen (secondary N) is 1. The van der Waals surface area contributed by atoms with Gasteiger partial charge in [-0.1, -0.05) is 35.9 Å². The van der Waals surface area contributed by atoms with Gasteiger partial charge in [0.1, 0.15) is 0 Å². The summed E-state index contributed by atoms with van der Waals surface area (Å²) in [5, 5.41) is 4.20. The summed E-state index contributed by atoms with van der Waals surface area (Å²) in [6.45, 7) is 2.43. The largest absolute Gasteiger partial charge is 0.478 e. The minimum Gasteiger partial charge on any atom is -0.478 e. The van der Waals surface area contributed by atoms with E-state index < -0.39 is 0 Å². The number of ether oxygens (including phenoxy) is 1. The standard InChI is InChI=1S/C18H15ClN2O2/c1-2-23-16-11-10-12-6-5-9-15(17(12)21-16)20-18(22)13-7-3-4-8-14(13)19/h3-11H,2H2,1H3,(H,20,22). The Morgan fingerprint density at radius 3 is 2.74 bits per heavy atom. The van der Waals surface area contributed by atoms with Crippen molar-refractivity contribution in [3.8, 4) is 5.88 Å². The lowest BCUT2D eigenvalue weighted by molar-refractivity contribution is 0.102. The van der Waals surface area contributed by atoms with E-state index in [1.807, 2.05) is 31.2 Å². The molecule has 0 unspecified atom stereocenters. The molecule has 0 saturated carbocycles. The van der Waals surface area contributed by atoms with Gasteiger partial charge in [-0.2, -0.15) is 0 Å². The maximum atomic E-state index is 12.4. The summed E-state index contributed by atoms with van der Waals surface area (Å²) in [7, 11) is 0. The number of nitrogens with zero attached hydrogens (tertiary/aromatic N) is 1. The summed E-state index contributed by atoms with van der Waals surface area (Å²) in [5.41, 5.74) is 1.72. The number of para-hydroxylation sites is 1. The number of aromatic nitrogens is 1. The number of anilines is 1. The highest BCUT2D eigenvalue weighted by atomic mass is 35.5. The Balaban J connectivity index is 1.97. The maximum Gasteiger partial charge on any atom is 0.257 e. The average Bonchev–Trinajstić information content (AvgIpc) is 2.56. The first-order chi connectivity index (χ1) is 11.2. The molecule has 1 aromatic heterocycles. The zero-order valence-electron chi connectivity index (χ0n) is 12.5. The Morgan fingerprint density at radius 1 is 1.13 bits per heavy atom. The third-order valence-electron chi connectivity index (χ3n) is 3.35. The monoisotopic (exact) mass is 326 g/mol. The van der Waals surface area contributed by atoms with Crippen LogP contribution >= 0.6 is 11.6 Å². The smallest absolute Gasteiger partial charge is 0.257 e. The van der Waals surface area contributed by atoms with Gasteiger partial charge in [-0.15, -0.1) is 0 Å². The molecule has 0 atom stereocenters. The molecule has 5 heteroatoms.